The van der Waals surface area contributed by atoms with Crippen molar-refractivity contribution in [1.29, 1.82) is 0 Å². The van der Waals surface area contributed by atoms with Crippen LogP contribution in [0.4, 0.5) is 4.39 Å². The number of nitrogens with one attached hydrogen (secondary N) is 1. The number of rotatable bonds is 6. The Kier molecular flexibility index (Phi) is 6.05. The minimum absolute atomic E-state index is 0.00187. The number of halogens is 1. The summed E-state index contributed by atoms with van der Waals surface area (Å²) in [6, 6.07) is 5.76. The maximum Gasteiger partial charge on any atom is 0.275 e. The Labute approximate surface area is 156 Å². The smallest absolute Gasteiger partial charge is 0.275 e. The summed E-state index contributed by atoms with van der Waals surface area (Å²) < 4.78 is 23.9. The molecule has 1 atom stereocenters. The monoisotopic (exact) mass is 375 g/mol. The first-order valence-electron chi connectivity index (χ1n) is 8.88. The predicted octanol–water partition coefficient (Wildman–Crippen LogP) is 2.38. The van der Waals surface area contributed by atoms with Crippen LogP contribution < -0.4 is 10.1 Å². The van der Waals surface area contributed by atoms with Gasteiger partial charge in [-0.2, -0.15) is 0 Å². The van der Waals surface area contributed by atoms with Crippen molar-refractivity contribution in [3.63, 3.8) is 0 Å². The molecule has 2 aromatic rings. The molecule has 0 aliphatic carbocycles. The molecule has 1 N–H and O–H groups in total. The molecule has 2 heterocycles. The SMILES string of the molecule is CC(=O)NC[C@H]1CCCN(C(=O)c2coc(COc3cccc(F)c3)n2)C1. The van der Waals surface area contributed by atoms with Crippen LogP contribution >= 0.6 is 0 Å². The van der Waals surface area contributed by atoms with Gasteiger partial charge in [0.05, 0.1) is 0 Å². The van der Waals surface area contributed by atoms with E-state index in [1.807, 2.05) is 0 Å². The van der Waals surface area contributed by atoms with Crippen molar-refractivity contribution in [2.75, 3.05) is 19.6 Å². The zero-order valence-electron chi connectivity index (χ0n) is 15.1. The third kappa shape index (κ3) is 5.29. The Balaban J connectivity index is 1.55. The van der Waals surface area contributed by atoms with E-state index in [0.717, 1.165) is 12.8 Å². The lowest BCUT2D eigenvalue weighted by Crippen LogP contribution is -2.43. The normalized spacial score (nSPS) is 16.8. The second-order valence-electron chi connectivity index (χ2n) is 6.57. The molecule has 0 bridgehead atoms. The zero-order valence-corrected chi connectivity index (χ0v) is 15.1. The lowest BCUT2D eigenvalue weighted by molar-refractivity contribution is -0.119. The molecule has 3 rings (SSSR count). The number of aromatic nitrogens is 1. The highest BCUT2D eigenvalue weighted by Crippen LogP contribution is 2.19. The van der Waals surface area contributed by atoms with E-state index >= 15 is 0 Å². The zero-order chi connectivity index (χ0) is 19.2. The van der Waals surface area contributed by atoms with E-state index < -0.39 is 5.82 Å². The minimum Gasteiger partial charge on any atom is -0.484 e. The fourth-order valence-electron chi connectivity index (χ4n) is 3.04. The summed E-state index contributed by atoms with van der Waals surface area (Å²) in [5.74, 6) is 0.164. The summed E-state index contributed by atoms with van der Waals surface area (Å²) in [5, 5.41) is 2.80. The molecule has 7 nitrogen and oxygen atoms in total. The van der Waals surface area contributed by atoms with Crippen molar-refractivity contribution in [3.05, 3.63) is 47.9 Å². The second-order valence-corrected chi connectivity index (χ2v) is 6.57. The molecular formula is C19H22FN3O4. The number of ether oxygens (including phenoxy) is 1. The average molecular weight is 375 g/mol. The van der Waals surface area contributed by atoms with Crippen LogP contribution in [0, 0.1) is 11.7 Å². The van der Waals surface area contributed by atoms with Gasteiger partial charge in [-0.3, -0.25) is 9.59 Å². The third-order valence-corrected chi connectivity index (χ3v) is 4.38. The van der Waals surface area contributed by atoms with Crippen LogP contribution in [0.3, 0.4) is 0 Å². The first-order chi connectivity index (χ1) is 13.0. The molecule has 27 heavy (non-hydrogen) atoms. The molecule has 144 valence electrons. The van der Waals surface area contributed by atoms with Crippen molar-refractivity contribution in [2.24, 2.45) is 5.92 Å². The van der Waals surface area contributed by atoms with Crippen molar-refractivity contribution in [2.45, 2.75) is 26.4 Å². The number of carbonyl (C=O) groups excluding carboxylic acids is 2. The number of nitrogens with zero attached hydrogens (tertiary/aromatic N) is 2. The number of carbonyl (C=O) groups is 2. The number of amides is 2. The second kappa shape index (κ2) is 8.66. The van der Waals surface area contributed by atoms with Crippen LogP contribution in [0.25, 0.3) is 0 Å². The molecule has 0 unspecified atom stereocenters. The van der Waals surface area contributed by atoms with Gasteiger partial charge in [-0.05, 0) is 30.9 Å². The van der Waals surface area contributed by atoms with E-state index in [2.05, 4.69) is 10.3 Å². The van der Waals surface area contributed by atoms with Gasteiger partial charge in [0.25, 0.3) is 5.91 Å². The summed E-state index contributed by atoms with van der Waals surface area (Å²) >= 11 is 0. The van der Waals surface area contributed by atoms with Crippen LogP contribution in [0.15, 0.2) is 34.9 Å². The number of benzene rings is 1. The molecule has 1 aromatic carbocycles. The largest absolute Gasteiger partial charge is 0.484 e. The Morgan fingerprint density at radius 1 is 1.44 bits per heavy atom. The topological polar surface area (TPSA) is 84.7 Å². The average Bonchev–Trinajstić information content (AvgIpc) is 3.13. The first-order valence-corrected chi connectivity index (χ1v) is 8.88. The molecule has 1 aromatic heterocycles. The van der Waals surface area contributed by atoms with E-state index in [1.165, 1.54) is 25.3 Å². The molecule has 0 saturated carbocycles. The van der Waals surface area contributed by atoms with Gasteiger partial charge in [-0.15, -0.1) is 0 Å². The Bertz CT molecular complexity index is 808. The van der Waals surface area contributed by atoms with E-state index in [1.54, 1.807) is 17.0 Å². The lowest BCUT2D eigenvalue weighted by Gasteiger charge is -2.32. The molecule has 1 aliphatic heterocycles. The summed E-state index contributed by atoms with van der Waals surface area (Å²) in [7, 11) is 0. The minimum atomic E-state index is -0.394. The van der Waals surface area contributed by atoms with Gasteiger partial charge in [0.1, 0.15) is 17.8 Å². The highest BCUT2D eigenvalue weighted by Gasteiger charge is 2.26. The van der Waals surface area contributed by atoms with Gasteiger partial charge >= 0.3 is 0 Å². The number of likely N-dealkylation sites (tertiary alicyclic amines) is 1. The van der Waals surface area contributed by atoms with E-state index in [0.29, 0.717) is 25.4 Å². The Morgan fingerprint density at radius 3 is 3.07 bits per heavy atom. The summed E-state index contributed by atoms with van der Waals surface area (Å²) in [4.78, 5) is 29.6. The molecule has 8 heteroatoms. The van der Waals surface area contributed by atoms with Gasteiger partial charge in [-0.1, -0.05) is 6.07 Å². The molecular weight excluding hydrogens is 353 g/mol. The standard InChI is InChI=1S/C19H22FN3O4/c1-13(24)21-9-14-4-3-7-23(10-14)19(25)17-11-27-18(22-17)12-26-16-6-2-5-15(20)8-16/h2,5-6,8,11,14H,3-4,7,9-10,12H2,1H3,(H,21,24)/t14-/m1/s1. The number of hydrogen-bond donors (Lipinski definition) is 1. The maximum atomic E-state index is 13.1. The lowest BCUT2D eigenvalue weighted by atomic mass is 9.97. The van der Waals surface area contributed by atoms with Gasteiger partial charge in [0, 0.05) is 32.6 Å². The molecule has 1 fully saturated rings. The fourth-order valence-corrected chi connectivity index (χ4v) is 3.04. The number of piperidine rings is 1. The highest BCUT2D eigenvalue weighted by molar-refractivity contribution is 5.92. The van der Waals surface area contributed by atoms with Crippen molar-refractivity contribution < 1.29 is 23.1 Å². The van der Waals surface area contributed by atoms with Crippen molar-refractivity contribution in [3.8, 4) is 5.75 Å². The van der Waals surface area contributed by atoms with Gasteiger partial charge in [0.15, 0.2) is 12.3 Å². The van der Waals surface area contributed by atoms with Crippen LogP contribution in [0.1, 0.15) is 36.1 Å². The van der Waals surface area contributed by atoms with Crippen LogP contribution in [0.2, 0.25) is 0 Å². The van der Waals surface area contributed by atoms with Crippen LogP contribution in [-0.4, -0.2) is 41.3 Å². The van der Waals surface area contributed by atoms with Crippen LogP contribution in [-0.2, 0) is 11.4 Å². The molecule has 1 saturated heterocycles. The fraction of sp³-hybridized carbons (Fsp3) is 0.421. The quantitative estimate of drug-likeness (QED) is 0.838. The van der Waals surface area contributed by atoms with E-state index in [9.17, 15) is 14.0 Å². The predicted molar refractivity (Wildman–Crippen MR) is 94.5 cm³/mol. The van der Waals surface area contributed by atoms with Crippen molar-refractivity contribution in [1.82, 2.24) is 15.2 Å². The van der Waals surface area contributed by atoms with Crippen molar-refractivity contribution >= 4 is 11.8 Å². The molecule has 1 aliphatic rings. The van der Waals surface area contributed by atoms with E-state index in [4.69, 9.17) is 9.15 Å². The highest BCUT2D eigenvalue weighted by atomic mass is 19.1. The molecule has 0 spiro atoms. The summed E-state index contributed by atoms with van der Waals surface area (Å²) in [6.45, 7) is 3.26. The molecule has 2 amide bonds. The summed E-state index contributed by atoms with van der Waals surface area (Å²) in [6.07, 6.45) is 3.16. The summed E-state index contributed by atoms with van der Waals surface area (Å²) in [5.41, 5.74) is 0.216. The van der Waals surface area contributed by atoms with Gasteiger partial charge < -0.3 is 19.4 Å². The number of hydrogen-bond acceptors (Lipinski definition) is 5. The first kappa shape index (κ1) is 18.9. The van der Waals surface area contributed by atoms with Gasteiger partial charge in [-0.25, -0.2) is 9.37 Å². The Morgan fingerprint density at radius 2 is 2.30 bits per heavy atom. The number of oxazole rings is 1. The third-order valence-electron chi connectivity index (χ3n) is 4.38. The molecule has 0 radical (unpaired) electrons. The maximum absolute atomic E-state index is 13.1. The Hall–Kier alpha value is -2.90. The van der Waals surface area contributed by atoms with E-state index in [-0.39, 0.29) is 35.9 Å². The van der Waals surface area contributed by atoms with Crippen LogP contribution in [0.5, 0.6) is 5.75 Å². The van der Waals surface area contributed by atoms with Gasteiger partial charge in [0.2, 0.25) is 11.8 Å².